The zero-order chi connectivity index (χ0) is 16.8. The first-order valence-electron chi connectivity index (χ1n) is 7.69. The third-order valence-corrected chi connectivity index (χ3v) is 4.16. The molecule has 0 aliphatic carbocycles. The van der Waals surface area contributed by atoms with Gasteiger partial charge in [-0.15, -0.1) is 0 Å². The van der Waals surface area contributed by atoms with Crippen molar-refractivity contribution < 1.29 is 19.4 Å². The number of carbonyl (C=O) groups excluding carboxylic acids is 2. The molecule has 1 saturated heterocycles. The summed E-state index contributed by atoms with van der Waals surface area (Å²) in [5.41, 5.74) is 0.0993. The summed E-state index contributed by atoms with van der Waals surface area (Å²) >= 11 is 0. The van der Waals surface area contributed by atoms with Gasteiger partial charge in [0.2, 0.25) is 0 Å². The van der Waals surface area contributed by atoms with Crippen LogP contribution in [0, 0.1) is 10.1 Å². The number of amides is 3. The van der Waals surface area contributed by atoms with E-state index in [0.717, 1.165) is 25.9 Å². The Kier molecular flexibility index (Phi) is 5.64. The van der Waals surface area contributed by atoms with E-state index >= 15 is 0 Å². The van der Waals surface area contributed by atoms with Crippen LogP contribution in [0.5, 0.6) is 0 Å². The van der Waals surface area contributed by atoms with Crippen LogP contribution in [0.1, 0.15) is 30.1 Å². The maximum atomic E-state index is 11.9. The topological polar surface area (TPSA) is 106 Å². The Morgan fingerprint density at radius 2 is 2.04 bits per heavy atom. The highest BCUT2D eigenvalue weighted by Crippen LogP contribution is 2.11. The number of likely N-dealkylation sites (tertiary alicyclic amines) is 1. The number of benzene rings is 1. The number of rotatable bonds is 5. The molecule has 124 valence electrons. The Bertz CT molecular complexity index is 588. The van der Waals surface area contributed by atoms with E-state index in [1.54, 1.807) is 0 Å². The van der Waals surface area contributed by atoms with Gasteiger partial charge in [0.25, 0.3) is 11.6 Å². The Morgan fingerprint density at radius 3 is 2.65 bits per heavy atom. The van der Waals surface area contributed by atoms with Gasteiger partial charge in [0, 0.05) is 30.5 Å². The zero-order valence-corrected chi connectivity index (χ0v) is 13.0. The van der Waals surface area contributed by atoms with E-state index in [1.165, 1.54) is 29.2 Å². The molecule has 1 fully saturated rings. The second-order valence-electron chi connectivity index (χ2n) is 5.57. The number of non-ortho nitro benzene ring substituents is 1. The number of carbonyl (C=O) groups is 2. The number of urea groups is 1. The highest BCUT2D eigenvalue weighted by Gasteiger charge is 2.27. The normalized spacial score (nSPS) is 20.0. The fourth-order valence-electron chi connectivity index (χ4n) is 2.87. The summed E-state index contributed by atoms with van der Waals surface area (Å²) in [6.45, 7) is 4.79. The maximum absolute atomic E-state index is 11.9. The van der Waals surface area contributed by atoms with Crippen molar-refractivity contribution in [3.63, 3.8) is 0 Å². The molecule has 1 aromatic carbocycles. The first-order valence-corrected chi connectivity index (χ1v) is 7.69. The molecule has 2 rings (SSSR count). The smallest absolute Gasteiger partial charge is 0.321 e. The summed E-state index contributed by atoms with van der Waals surface area (Å²) in [5.74, 6) is -0.580. The summed E-state index contributed by atoms with van der Waals surface area (Å²) in [5, 5.41) is 15.5. The van der Waals surface area contributed by atoms with Crippen molar-refractivity contribution in [2.24, 2.45) is 0 Å². The van der Waals surface area contributed by atoms with Gasteiger partial charge in [0.15, 0.2) is 0 Å². The molecule has 0 bridgehead atoms. The lowest BCUT2D eigenvalue weighted by molar-refractivity contribution is -0.909. The SMILES string of the molecule is CC[NH+]1CCC[C@H]1CNC(=O)NC(=O)c1ccc([N+](=O)[O-])cc1. The highest BCUT2D eigenvalue weighted by molar-refractivity contribution is 6.04. The lowest BCUT2D eigenvalue weighted by Crippen LogP contribution is -3.14. The standard InChI is InChI=1S/C15H20N4O4/c1-2-18-9-3-4-13(18)10-16-15(21)17-14(20)11-5-7-12(8-6-11)19(22)23/h5-8,13H,2-4,9-10H2,1H3,(H2,16,17,20,21)/p+1/t13-/m0/s1. The summed E-state index contributed by atoms with van der Waals surface area (Å²) in [7, 11) is 0. The third kappa shape index (κ3) is 4.49. The Labute approximate surface area is 134 Å². The van der Waals surface area contributed by atoms with Crippen LogP contribution in [-0.2, 0) is 0 Å². The van der Waals surface area contributed by atoms with E-state index in [9.17, 15) is 19.7 Å². The molecule has 0 aromatic heterocycles. The number of nitrogens with zero attached hydrogens (tertiary/aromatic N) is 1. The van der Waals surface area contributed by atoms with Crippen molar-refractivity contribution in [1.82, 2.24) is 10.6 Å². The van der Waals surface area contributed by atoms with Crippen molar-refractivity contribution in [3.8, 4) is 0 Å². The minimum absolute atomic E-state index is 0.102. The summed E-state index contributed by atoms with van der Waals surface area (Å²) in [6.07, 6.45) is 2.22. The van der Waals surface area contributed by atoms with Gasteiger partial charge in [-0.2, -0.15) is 0 Å². The van der Waals surface area contributed by atoms with Crippen molar-refractivity contribution in [2.45, 2.75) is 25.8 Å². The van der Waals surface area contributed by atoms with Crippen LogP contribution >= 0.6 is 0 Å². The number of likely N-dealkylation sites (N-methyl/N-ethyl adjacent to an activating group) is 1. The highest BCUT2D eigenvalue weighted by atomic mass is 16.6. The van der Waals surface area contributed by atoms with Crippen molar-refractivity contribution in [2.75, 3.05) is 19.6 Å². The number of nitrogens with one attached hydrogen (secondary N) is 3. The second-order valence-corrected chi connectivity index (χ2v) is 5.57. The number of nitro groups is 1. The summed E-state index contributed by atoms with van der Waals surface area (Å²) < 4.78 is 0. The maximum Gasteiger partial charge on any atom is 0.321 e. The monoisotopic (exact) mass is 321 g/mol. The van der Waals surface area contributed by atoms with E-state index in [2.05, 4.69) is 17.6 Å². The number of hydrogen-bond acceptors (Lipinski definition) is 4. The molecule has 23 heavy (non-hydrogen) atoms. The van der Waals surface area contributed by atoms with Gasteiger partial charge in [-0.1, -0.05) is 0 Å². The fourth-order valence-corrected chi connectivity index (χ4v) is 2.87. The predicted octanol–water partition coefficient (Wildman–Crippen LogP) is 0.101. The molecule has 3 amide bonds. The summed E-state index contributed by atoms with van der Waals surface area (Å²) in [6, 6.07) is 4.94. The first kappa shape index (κ1) is 16.9. The molecule has 0 radical (unpaired) electrons. The van der Waals surface area contributed by atoms with Gasteiger partial charge in [0.1, 0.15) is 6.04 Å². The van der Waals surface area contributed by atoms with Crippen molar-refractivity contribution >= 4 is 17.6 Å². The van der Waals surface area contributed by atoms with E-state index in [-0.39, 0.29) is 11.3 Å². The average Bonchev–Trinajstić information content (AvgIpc) is 3.00. The molecule has 2 atom stereocenters. The molecule has 8 heteroatoms. The van der Waals surface area contributed by atoms with E-state index < -0.39 is 16.9 Å². The largest absolute Gasteiger partial charge is 0.332 e. The minimum Gasteiger partial charge on any atom is -0.332 e. The molecule has 0 spiro atoms. The van der Waals surface area contributed by atoms with Crippen LogP contribution in [0.15, 0.2) is 24.3 Å². The quantitative estimate of drug-likeness (QED) is 0.528. The molecular formula is C15H21N4O4+. The van der Waals surface area contributed by atoms with Gasteiger partial charge in [0.05, 0.1) is 24.6 Å². The lowest BCUT2D eigenvalue weighted by atomic mass is 10.2. The van der Waals surface area contributed by atoms with Gasteiger partial charge in [-0.3, -0.25) is 20.2 Å². The first-order chi connectivity index (χ1) is 11.0. The molecule has 1 aliphatic heterocycles. The van der Waals surface area contributed by atoms with Gasteiger partial charge in [-0.05, 0) is 19.1 Å². The fraction of sp³-hybridized carbons (Fsp3) is 0.467. The second kappa shape index (κ2) is 7.68. The lowest BCUT2D eigenvalue weighted by Gasteiger charge is -2.20. The third-order valence-electron chi connectivity index (χ3n) is 4.16. The van der Waals surface area contributed by atoms with Crippen LogP contribution < -0.4 is 15.5 Å². The molecule has 1 aromatic rings. The van der Waals surface area contributed by atoms with Crippen LogP contribution in [0.4, 0.5) is 10.5 Å². The van der Waals surface area contributed by atoms with Crippen molar-refractivity contribution in [1.29, 1.82) is 0 Å². The predicted molar refractivity (Wildman–Crippen MR) is 83.4 cm³/mol. The molecular weight excluding hydrogens is 300 g/mol. The number of quaternary nitrogens is 1. The number of imide groups is 1. The van der Waals surface area contributed by atoms with Crippen LogP contribution in [-0.4, -0.2) is 42.5 Å². The Hall–Kier alpha value is -2.48. The molecule has 8 nitrogen and oxygen atoms in total. The zero-order valence-electron chi connectivity index (χ0n) is 13.0. The minimum atomic E-state index is -0.580. The van der Waals surface area contributed by atoms with Crippen LogP contribution in [0.3, 0.4) is 0 Å². The Morgan fingerprint density at radius 1 is 1.35 bits per heavy atom. The Balaban J connectivity index is 1.82. The van der Waals surface area contributed by atoms with E-state index in [1.807, 2.05) is 0 Å². The van der Waals surface area contributed by atoms with Gasteiger partial charge >= 0.3 is 6.03 Å². The molecule has 1 heterocycles. The number of hydrogen-bond donors (Lipinski definition) is 3. The average molecular weight is 321 g/mol. The molecule has 0 saturated carbocycles. The van der Waals surface area contributed by atoms with Gasteiger partial charge < -0.3 is 10.2 Å². The molecule has 3 N–H and O–H groups in total. The summed E-state index contributed by atoms with van der Waals surface area (Å²) in [4.78, 5) is 35.2. The van der Waals surface area contributed by atoms with E-state index in [0.29, 0.717) is 12.6 Å². The van der Waals surface area contributed by atoms with Gasteiger partial charge in [-0.25, -0.2) is 4.79 Å². The molecule has 1 aliphatic rings. The van der Waals surface area contributed by atoms with Crippen molar-refractivity contribution in [3.05, 3.63) is 39.9 Å². The van der Waals surface area contributed by atoms with E-state index in [4.69, 9.17) is 0 Å². The van der Waals surface area contributed by atoms with Crippen LogP contribution in [0.2, 0.25) is 0 Å². The number of nitro benzene ring substituents is 1. The molecule has 1 unspecified atom stereocenters. The van der Waals surface area contributed by atoms with Crippen LogP contribution in [0.25, 0.3) is 0 Å².